The SMILES string of the molecule is CC(C)(C)C1CCCCC1Nc1ccc([N+](=O)[O-])c(Cl)c1. The Morgan fingerprint density at radius 2 is 1.95 bits per heavy atom. The summed E-state index contributed by atoms with van der Waals surface area (Å²) in [5.41, 5.74) is 1.08. The molecule has 2 rings (SSSR count). The van der Waals surface area contributed by atoms with Gasteiger partial charge in [0, 0.05) is 17.8 Å². The van der Waals surface area contributed by atoms with Crippen molar-refractivity contribution in [1.29, 1.82) is 0 Å². The molecule has 21 heavy (non-hydrogen) atoms. The zero-order valence-electron chi connectivity index (χ0n) is 12.9. The lowest BCUT2D eigenvalue weighted by molar-refractivity contribution is -0.384. The Morgan fingerprint density at radius 1 is 1.29 bits per heavy atom. The van der Waals surface area contributed by atoms with Crippen LogP contribution in [0.1, 0.15) is 46.5 Å². The van der Waals surface area contributed by atoms with Gasteiger partial charge >= 0.3 is 0 Å². The fourth-order valence-electron chi connectivity index (χ4n) is 3.30. The predicted molar refractivity (Wildman–Crippen MR) is 86.9 cm³/mol. The van der Waals surface area contributed by atoms with Crippen LogP contribution in [0.15, 0.2) is 18.2 Å². The molecule has 1 aromatic carbocycles. The third-order valence-corrected chi connectivity index (χ3v) is 4.68. The number of hydrogen-bond donors (Lipinski definition) is 1. The second-order valence-electron chi connectivity index (χ2n) is 6.93. The molecule has 1 aliphatic carbocycles. The molecular weight excluding hydrogens is 288 g/mol. The summed E-state index contributed by atoms with van der Waals surface area (Å²) in [5.74, 6) is 0.597. The van der Waals surface area contributed by atoms with Crippen LogP contribution in [-0.4, -0.2) is 11.0 Å². The Kier molecular flexibility index (Phi) is 4.77. The number of hydrogen-bond acceptors (Lipinski definition) is 3. The van der Waals surface area contributed by atoms with Crippen molar-refractivity contribution in [1.82, 2.24) is 0 Å². The molecule has 0 spiro atoms. The smallest absolute Gasteiger partial charge is 0.288 e. The predicted octanol–water partition coefficient (Wildman–Crippen LogP) is 5.27. The van der Waals surface area contributed by atoms with E-state index in [-0.39, 0.29) is 16.1 Å². The highest BCUT2D eigenvalue weighted by atomic mass is 35.5. The highest BCUT2D eigenvalue weighted by Crippen LogP contribution is 2.39. The van der Waals surface area contributed by atoms with Gasteiger partial charge in [0.05, 0.1) is 4.92 Å². The zero-order chi connectivity index (χ0) is 15.6. The standard InChI is InChI=1S/C16H23ClN2O2/c1-16(2,3)12-6-4-5-7-14(12)18-11-8-9-15(19(20)21)13(17)10-11/h8-10,12,14,18H,4-7H2,1-3H3. The Labute approximate surface area is 131 Å². The van der Waals surface area contributed by atoms with Crippen LogP contribution in [0.3, 0.4) is 0 Å². The first kappa shape index (κ1) is 16.1. The van der Waals surface area contributed by atoms with E-state index in [1.54, 1.807) is 12.1 Å². The third kappa shape index (κ3) is 3.88. The van der Waals surface area contributed by atoms with Gasteiger partial charge in [-0.3, -0.25) is 10.1 Å². The fourth-order valence-corrected chi connectivity index (χ4v) is 3.55. The van der Waals surface area contributed by atoms with Crippen molar-refractivity contribution in [2.24, 2.45) is 11.3 Å². The average Bonchev–Trinajstić information content (AvgIpc) is 2.37. The number of halogens is 1. The summed E-state index contributed by atoms with van der Waals surface area (Å²) in [5, 5.41) is 14.5. The minimum Gasteiger partial charge on any atom is -0.382 e. The maximum atomic E-state index is 10.8. The van der Waals surface area contributed by atoms with E-state index < -0.39 is 4.92 Å². The van der Waals surface area contributed by atoms with E-state index in [1.807, 2.05) is 0 Å². The number of nitro groups is 1. The average molecular weight is 311 g/mol. The topological polar surface area (TPSA) is 55.2 Å². The molecule has 0 heterocycles. The van der Waals surface area contributed by atoms with E-state index in [4.69, 9.17) is 11.6 Å². The van der Waals surface area contributed by atoms with Crippen LogP contribution >= 0.6 is 11.6 Å². The summed E-state index contributed by atoms with van der Waals surface area (Å²) in [6.07, 6.45) is 4.87. The van der Waals surface area contributed by atoms with Gasteiger partial charge in [0.15, 0.2) is 0 Å². The summed E-state index contributed by atoms with van der Waals surface area (Å²) in [6.45, 7) is 6.83. The Bertz CT molecular complexity index is 525. The molecule has 5 heteroatoms. The van der Waals surface area contributed by atoms with Crippen molar-refractivity contribution >= 4 is 23.0 Å². The molecule has 1 saturated carbocycles. The first-order chi connectivity index (χ1) is 9.79. The Morgan fingerprint density at radius 3 is 2.52 bits per heavy atom. The maximum Gasteiger partial charge on any atom is 0.288 e. The first-order valence-corrected chi connectivity index (χ1v) is 7.87. The van der Waals surface area contributed by atoms with Gasteiger partial charge in [0.25, 0.3) is 5.69 Å². The molecule has 2 unspecified atom stereocenters. The minimum absolute atomic E-state index is 0.0433. The lowest BCUT2D eigenvalue weighted by Crippen LogP contribution is -2.39. The lowest BCUT2D eigenvalue weighted by atomic mass is 9.69. The summed E-state index contributed by atoms with van der Waals surface area (Å²) >= 11 is 5.99. The molecule has 1 N–H and O–H groups in total. The largest absolute Gasteiger partial charge is 0.382 e. The minimum atomic E-state index is -0.454. The van der Waals surface area contributed by atoms with Gasteiger partial charge in [-0.25, -0.2) is 0 Å². The quantitative estimate of drug-likeness (QED) is 0.611. The molecule has 1 aromatic rings. The van der Waals surface area contributed by atoms with Crippen LogP contribution in [0.25, 0.3) is 0 Å². The van der Waals surface area contributed by atoms with Crippen LogP contribution in [0.4, 0.5) is 11.4 Å². The van der Waals surface area contributed by atoms with Crippen LogP contribution in [-0.2, 0) is 0 Å². The van der Waals surface area contributed by atoms with E-state index in [2.05, 4.69) is 26.1 Å². The van der Waals surface area contributed by atoms with Gasteiger partial charge in [-0.15, -0.1) is 0 Å². The number of anilines is 1. The lowest BCUT2D eigenvalue weighted by Gasteiger charge is -2.41. The fraction of sp³-hybridized carbons (Fsp3) is 0.625. The molecule has 2 atom stereocenters. The monoisotopic (exact) mass is 310 g/mol. The van der Waals surface area contributed by atoms with Crippen molar-refractivity contribution in [2.75, 3.05) is 5.32 Å². The highest BCUT2D eigenvalue weighted by molar-refractivity contribution is 6.32. The number of nitrogens with one attached hydrogen (secondary N) is 1. The normalized spacial score (nSPS) is 22.9. The number of nitrogens with zero attached hydrogens (tertiary/aromatic N) is 1. The number of benzene rings is 1. The molecule has 116 valence electrons. The van der Waals surface area contributed by atoms with E-state index >= 15 is 0 Å². The van der Waals surface area contributed by atoms with Crippen LogP contribution in [0, 0.1) is 21.4 Å². The molecule has 0 aromatic heterocycles. The second kappa shape index (κ2) is 6.22. The Hall–Kier alpha value is -1.29. The zero-order valence-corrected chi connectivity index (χ0v) is 13.6. The maximum absolute atomic E-state index is 10.8. The Balaban J connectivity index is 2.16. The van der Waals surface area contributed by atoms with Gasteiger partial charge in [-0.05, 0) is 36.3 Å². The van der Waals surface area contributed by atoms with Crippen LogP contribution < -0.4 is 5.32 Å². The van der Waals surface area contributed by atoms with E-state index in [1.165, 1.54) is 25.3 Å². The van der Waals surface area contributed by atoms with Crippen molar-refractivity contribution in [2.45, 2.75) is 52.5 Å². The molecular formula is C16H23ClN2O2. The summed E-state index contributed by atoms with van der Waals surface area (Å²) in [6, 6.07) is 5.28. The van der Waals surface area contributed by atoms with Gasteiger partial charge in [0.2, 0.25) is 0 Å². The summed E-state index contributed by atoms with van der Waals surface area (Å²) in [4.78, 5) is 10.4. The van der Waals surface area contributed by atoms with E-state index in [0.29, 0.717) is 12.0 Å². The third-order valence-electron chi connectivity index (χ3n) is 4.37. The van der Waals surface area contributed by atoms with Gasteiger partial charge in [-0.2, -0.15) is 0 Å². The molecule has 1 aliphatic rings. The molecule has 1 fully saturated rings. The molecule has 0 aliphatic heterocycles. The van der Waals surface area contributed by atoms with Gasteiger partial charge in [0.1, 0.15) is 5.02 Å². The van der Waals surface area contributed by atoms with Gasteiger partial charge in [-0.1, -0.05) is 45.2 Å². The van der Waals surface area contributed by atoms with E-state index in [9.17, 15) is 10.1 Å². The van der Waals surface area contributed by atoms with Crippen molar-refractivity contribution in [3.8, 4) is 0 Å². The van der Waals surface area contributed by atoms with Crippen molar-refractivity contribution in [3.05, 3.63) is 33.3 Å². The van der Waals surface area contributed by atoms with Gasteiger partial charge < -0.3 is 5.32 Å². The molecule has 0 bridgehead atoms. The van der Waals surface area contributed by atoms with Crippen LogP contribution in [0.5, 0.6) is 0 Å². The molecule has 0 saturated heterocycles. The number of nitro benzene ring substituents is 1. The first-order valence-electron chi connectivity index (χ1n) is 7.49. The summed E-state index contributed by atoms with van der Waals surface area (Å²) in [7, 11) is 0. The summed E-state index contributed by atoms with van der Waals surface area (Å²) < 4.78 is 0. The number of rotatable bonds is 3. The van der Waals surface area contributed by atoms with Crippen LogP contribution in [0.2, 0.25) is 5.02 Å². The molecule has 0 amide bonds. The molecule has 0 radical (unpaired) electrons. The highest BCUT2D eigenvalue weighted by Gasteiger charge is 2.34. The van der Waals surface area contributed by atoms with Crippen molar-refractivity contribution < 1.29 is 4.92 Å². The molecule has 4 nitrogen and oxygen atoms in total. The second-order valence-corrected chi connectivity index (χ2v) is 7.34. The van der Waals surface area contributed by atoms with E-state index in [0.717, 1.165) is 12.1 Å². The van der Waals surface area contributed by atoms with Crippen molar-refractivity contribution in [3.63, 3.8) is 0 Å².